The van der Waals surface area contributed by atoms with Crippen LogP contribution >= 0.6 is 0 Å². The van der Waals surface area contributed by atoms with Crippen molar-refractivity contribution in [1.82, 2.24) is 14.7 Å². The van der Waals surface area contributed by atoms with E-state index in [2.05, 4.69) is 67.5 Å². The minimum Gasteiger partial charge on any atom is -0.493 e. The number of hydrogen-bond acceptors (Lipinski definition) is 5. The molecule has 3 atom stereocenters. The number of carbonyl (C=O) groups excluding carboxylic acids is 1. The standard InChI is InChI=1S/C36H55FN4O2/c1-7-10-31(11-8-2)41(36(6)16-14-32(37)27(4)23-36)34(42)26-40-25-30(28-12-13-33-29(22-28)15-21-43-33)24-35(40,5)17-19-39(9-3)20-18-38/h12-14,16,18,20,22,30-31H,7-11,15,17,19,21,23-26,38H2,1-6H3/b20-18-/t30-,35?,36?/m1/s1. The van der Waals surface area contributed by atoms with Gasteiger partial charge < -0.3 is 20.3 Å². The van der Waals surface area contributed by atoms with Gasteiger partial charge in [-0.1, -0.05) is 44.9 Å². The minimum atomic E-state index is -0.549. The summed E-state index contributed by atoms with van der Waals surface area (Å²) in [6.07, 6.45) is 14.4. The fourth-order valence-electron chi connectivity index (χ4n) is 7.71. The maximum Gasteiger partial charge on any atom is 0.237 e. The zero-order valence-corrected chi connectivity index (χ0v) is 27.5. The summed E-state index contributed by atoms with van der Waals surface area (Å²) in [6, 6.07) is 6.80. The summed E-state index contributed by atoms with van der Waals surface area (Å²) in [4.78, 5) is 21.5. The number of amides is 1. The first-order valence-electron chi connectivity index (χ1n) is 16.6. The molecule has 1 amide bonds. The summed E-state index contributed by atoms with van der Waals surface area (Å²) < 4.78 is 20.3. The van der Waals surface area contributed by atoms with Gasteiger partial charge in [0, 0.05) is 50.0 Å². The van der Waals surface area contributed by atoms with Crippen LogP contribution in [0, 0.1) is 0 Å². The number of halogens is 1. The van der Waals surface area contributed by atoms with E-state index in [1.54, 1.807) is 12.3 Å². The third-order valence-electron chi connectivity index (χ3n) is 10.1. The molecule has 2 N–H and O–H groups in total. The van der Waals surface area contributed by atoms with Gasteiger partial charge in [-0.05, 0) is 94.6 Å². The van der Waals surface area contributed by atoms with Crippen LogP contribution in [-0.4, -0.2) is 70.5 Å². The number of benzene rings is 1. The van der Waals surface area contributed by atoms with Crippen LogP contribution in [0.1, 0.15) is 104 Å². The average molecular weight is 595 g/mol. The monoisotopic (exact) mass is 594 g/mol. The van der Waals surface area contributed by atoms with E-state index < -0.39 is 5.54 Å². The molecular formula is C36H55FN4O2. The van der Waals surface area contributed by atoms with E-state index in [0.717, 1.165) is 76.9 Å². The molecule has 43 heavy (non-hydrogen) atoms. The van der Waals surface area contributed by atoms with E-state index in [-0.39, 0.29) is 23.3 Å². The molecule has 0 bridgehead atoms. The summed E-state index contributed by atoms with van der Waals surface area (Å²) in [7, 11) is 0. The second-order valence-corrected chi connectivity index (χ2v) is 13.5. The smallest absolute Gasteiger partial charge is 0.237 e. The van der Waals surface area contributed by atoms with Crippen LogP contribution in [0.5, 0.6) is 5.75 Å². The maximum atomic E-state index is 14.6. The Labute approximate surface area is 259 Å². The van der Waals surface area contributed by atoms with Gasteiger partial charge in [0.25, 0.3) is 0 Å². The molecule has 2 unspecified atom stereocenters. The Balaban J connectivity index is 1.64. The quantitative estimate of drug-likeness (QED) is 0.250. The molecule has 0 aromatic heterocycles. The zero-order chi connectivity index (χ0) is 31.2. The molecule has 3 aliphatic rings. The third kappa shape index (κ3) is 7.47. The summed E-state index contributed by atoms with van der Waals surface area (Å²) in [6.45, 7) is 16.5. The normalized spacial score (nSPS) is 25.5. The first kappa shape index (κ1) is 33.1. The molecule has 0 radical (unpaired) electrons. The molecule has 0 spiro atoms. The number of ether oxygens (including phenoxy) is 1. The molecule has 1 aromatic carbocycles. The van der Waals surface area contributed by atoms with Crippen molar-refractivity contribution < 1.29 is 13.9 Å². The zero-order valence-electron chi connectivity index (χ0n) is 27.5. The van der Waals surface area contributed by atoms with Crippen molar-refractivity contribution in [2.75, 3.05) is 32.8 Å². The number of likely N-dealkylation sites (tertiary alicyclic amines) is 1. The van der Waals surface area contributed by atoms with Crippen LogP contribution in [0.2, 0.25) is 0 Å². The van der Waals surface area contributed by atoms with E-state index in [9.17, 15) is 9.18 Å². The number of rotatable bonds is 14. The fourth-order valence-corrected chi connectivity index (χ4v) is 7.71. The summed E-state index contributed by atoms with van der Waals surface area (Å²) >= 11 is 0. The van der Waals surface area contributed by atoms with Gasteiger partial charge in [-0.15, -0.1) is 0 Å². The summed E-state index contributed by atoms with van der Waals surface area (Å²) in [5.74, 6) is 1.32. The first-order chi connectivity index (χ1) is 20.6. The van der Waals surface area contributed by atoms with Crippen LogP contribution in [0.25, 0.3) is 0 Å². The van der Waals surface area contributed by atoms with Crippen LogP contribution in [0.15, 0.2) is 54.2 Å². The van der Waals surface area contributed by atoms with Gasteiger partial charge in [-0.25, -0.2) is 4.39 Å². The summed E-state index contributed by atoms with van der Waals surface area (Å²) in [5, 5.41) is 0. The Kier molecular flexibility index (Phi) is 11.0. The third-order valence-corrected chi connectivity index (χ3v) is 10.1. The topological polar surface area (TPSA) is 62.0 Å². The Hall–Kier alpha value is -2.80. The average Bonchev–Trinajstić information content (AvgIpc) is 3.57. The SMILES string of the molecule is CCCC(CCC)N(C(=O)CN1C[C@H](c2ccc3c(c2)CCO3)CC1(C)CCN(/C=C\N)CC)C1(C)C=CC(F)=C(C)C1. The van der Waals surface area contributed by atoms with Crippen LogP contribution < -0.4 is 10.5 Å². The molecule has 2 aliphatic heterocycles. The van der Waals surface area contributed by atoms with Gasteiger partial charge in [-0.3, -0.25) is 9.69 Å². The molecule has 1 aliphatic carbocycles. The molecule has 4 rings (SSSR count). The van der Waals surface area contributed by atoms with Gasteiger partial charge in [0.05, 0.1) is 18.7 Å². The van der Waals surface area contributed by atoms with Gasteiger partial charge in [0.15, 0.2) is 0 Å². The van der Waals surface area contributed by atoms with E-state index in [4.69, 9.17) is 10.5 Å². The number of allylic oxidation sites excluding steroid dienone is 2. The highest BCUT2D eigenvalue weighted by atomic mass is 19.1. The molecule has 0 saturated carbocycles. The van der Waals surface area contributed by atoms with Crippen molar-refractivity contribution in [3.05, 3.63) is 65.3 Å². The number of hydrogen-bond donors (Lipinski definition) is 1. The Morgan fingerprint density at radius 1 is 1.23 bits per heavy atom. The predicted molar refractivity (Wildman–Crippen MR) is 175 cm³/mol. The van der Waals surface area contributed by atoms with Crippen molar-refractivity contribution in [2.45, 2.75) is 116 Å². The van der Waals surface area contributed by atoms with E-state index in [1.807, 2.05) is 19.2 Å². The predicted octanol–water partition coefficient (Wildman–Crippen LogP) is 7.07. The van der Waals surface area contributed by atoms with Crippen molar-refractivity contribution in [3.8, 4) is 5.75 Å². The Morgan fingerprint density at radius 3 is 2.63 bits per heavy atom. The molecular weight excluding hydrogens is 539 g/mol. The van der Waals surface area contributed by atoms with E-state index in [0.29, 0.717) is 24.5 Å². The number of nitrogens with zero attached hydrogens (tertiary/aromatic N) is 3. The van der Waals surface area contributed by atoms with Crippen molar-refractivity contribution in [3.63, 3.8) is 0 Å². The van der Waals surface area contributed by atoms with Crippen LogP contribution in [-0.2, 0) is 11.2 Å². The molecule has 1 aromatic rings. The lowest BCUT2D eigenvalue weighted by atomic mass is 9.84. The fraction of sp³-hybridized carbons (Fsp3) is 0.639. The second kappa shape index (κ2) is 14.3. The molecule has 2 heterocycles. The largest absolute Gasteiger partial charge is 0.493 e. The van der Waals surface area contributed by atoms with Crippen LogP contribution in [0.4, 0.5) is 4.39 Å². The van der Waals surface area contributed by atoms with Crippen LogP contribution in [0.3, 0.4) is 0 Å². The van der Waals surface area contributed by atoms with Crippen molar-refractivity contribution in [1.29, 1.82) is 0 Å². The van der Waals surface area contributed by atoms with Gasteiger partial charge >= 0.3 is 0 Å². The van der Waals surface area contributed by atoms with Gasteiger partial charge in [-0.2, -0.15) is 0 Å². The number of nitrogens with two attached hydrogens (primary N) is 1. The molecule has 7 heteroatoms. The lowest BCUT2D eigenvalue weighted by Crippen LogP contribution is -2.58. The Bertz CT molecular complexity index is 1210. The lowest BCUT2D eigenvalue weighted by Gasteiger charge is -2.47. The van der Waals surface area contributed by atoms with Gasteiger partial charge in [0.1, 0.15) is 11.6 Å². The van der Waals surface area contributed by atoms with Crippen molar-refractivity contribution in [2.24, 2.45) is 5.73 Å². The first-order valence-corrected chi connectivity index (χ1v) is 16.6. The van der Waals surface area contributed by atoms with E-state index >= 15 is 0 Å². The van der Waals surface area contributed by atoms with Gasteiger partial charge in [0.2, 0.25) is 5.91 Å². The number of carbonyl (C=O) groups is 1. The molecule has 1 saturated heterocycles. The highest BCUT2D eigenvalue weighted by Gasteiger charge is 2.46. The molecule has 1 fully saturated rings. The second-order valence-electron chi connectivity index (χ2n) is 13.5. The molecule has 6 nitrogen and oxygen atoms in total. The molecule has 238 valence electrons. The minimum absolute atomic E-state index is 0.123. The highest BCUT2D eigenvalue weighted by molar-refractivity contribution is 5.80. The Morgan fingerprint density at radius 2 is 1.98 bits per heavy atom. The summed E-state index contributed by atoms with van der Waals surface area (Å²) in [5.41, 5.74) is 8.38. The maximum absolute atomic E-state index is 14.6. The lowest BCUT2D eigenvalue weighted by molar-refractivity contribution is -0.141. The number of fused-ring (bicyclic) bond motifs is 1. The highest BCUT2D eigenvalue weighted by Crippen LogP contribution is 2.43. The van der Waals surface area contributed by atoms with E-state index in [1.165, 1.54) is 11.1 Å². The van der Waals surface area contributed by atoms with Crippen molar-refractivity contribution >= 4 is 5.91 Å².